The lowest BCUT2D eigenvalue weighted by molar-refractivity contribution is 0.129. The number of anilines is 1. The van der Waals surface area contributed by atoms with Gasteiger partial charge in [-0.15, -0.1) is 5.10 Å². The fourth-order valence-electron chi connectivity index (χ4n) is 3.80. The van der Waals surface area contributed by atoms with Crippen molar-refractivity contribution in [1.29, 1.82) is 0 Å². The van der Waals surface area contributed by atoms with Crippen LogP contribution in [0.5, 0.6) is 0 Å². The van der Waals surface area contributed by atoms with E-state index in [1.54, 1.807) is 29.2 Å². The van der Waals surface area contributed by atoms with Crippen LogP contribution in [-0.2, 0) is 11.3 Å². The summed E-state index contributed by atoms with van der Waals surface area (Å²) in [7, 11) is 0. The van der Waals surface area contributed by atoms with Crippen LogP contribution in [0.25, 0.3) is 5.57 Å². The predicted molar refractivity (Wildman–Crippen MR) is 117 cm³/mol. The number of hydrogen-bond acceptors (Lipinski definition) is 6. The van der Waals surface area contributed by atoms with E-state index in [0.29, 0.717) is 55.3 Å². The third-order valence-electron chi connectivity index (χ3n) is 5.54. The van der Waals surface area contributed by atoms with Gasteiger partial charge in [-0.1, -0.05) is 30.4 Å². The van der Waals surface area contributed by atoms with E-state index >= 15 is 0 Å². The van der Waals surface area contributed by atoms with E-state index in [9.17, 15) is 14.3 Å². The molecule has 10 heteroatoms. The molecule has 164 valence electrons. The van der Waals surface area contributed by atoms with E-state index in [-0.39, 0.29) is 11.9 Å². The number of aliphatic hydroxyl groups excluding tert-OH is 1. The molecule has 0 aliphatic carbocycles. The molecule has 1 N–H and O–H groups in total. The molecule has 0 radical (unpaired) electrons. The van der Waals surface area contributed by atoms with E-state index in [1.165, 1.54) is 11.0 Å². The van der Waals surface area contributed by atoms with Crippen molar-refractivity contribution < 1.29 is 19.0 Å². The van der Waals surface area contributed by atoms with Gasteiger partial charge < -0.3 is 14.7 Å². The summed E-state index contributed by atoms with van der Waals surface area (Å²) < 4.78 is 21.9. The van der Waals surface area contributed by atoms with Crippen LogP contribution in [0.2, 0.25) is 0 Å². The number of carbonyl (C=O) groups is 1. The molecule has 0 unspecified atom stereocenters. The number of carbonyl (C=O) groups excluding carboxylic acids is 1. The number of aromatic nitrogens is 3. The Bertz CT molecular complexity index is 997. The zero-order chi connectivity index (χ0) is 22.0. The van der Waals surface area contributed by atoms with Crippen LogP contribution in [0.4, 0.5) is 14.9 Å². The number of rotatable bonds is 6. The first-order chi connectivity index (χ1) is 15.0. The molecule has 0 saturated carbocycles. The highest BCUT2D eigenvalue weighted by Crippen LogP contribution is 2.30. The highest BCUT2D eigenvalue weighted by Gasteiger charge is 2.33. The molecule has 1 amide bonds. The third-order valence-corrected chi connectivity index (χ3v) is 6.07. The van der Waals surface area contributed by atoms with Gasteiger partial charge in [0.15, 0.2) is 0 Å². The van der Waals surface area contributed by atoms with Gasteiger partial charge in [-0.25, -0.2) is 13.9 Å². The molecule has 3 heterocycles. The van der Waals surface area contributed by atoms with Crippen LogP contribution in [0.1, 0.15) is 25.3 Å². The summed E-state index contributed by atoms with van der Waals surface area (Å²) >= 11 is 5.33. The van der Waals surface area contributed by atoms with Crippen LogP contribution < -0.4 is 4.90 Å². The van der Waals surface area contributed by atoms with Gasteiger partial charge in [0.1, 0.15) is 23.0 Å². The van der Waals surface area contributed by atoms with E-state index in [2.05, 4.69) is 10.3 Å². The highest BCUT2D eigenvalue weighted by atomic mass is 32.1. The minimum atomic E-state index is -0.630. The SMILES string of the molecule is CC[C@@H](O)C(=S)N1CC=C(c2ccc(N3C[C@H](Cn4ccnn4)OC3=O)cc2F)CC1. The van der Waals surface area contributed by atoms with Gasteiger partial charge in [0.05, 0.1) is 25.0 Å². The van der Waals surface area contributed by atoms with Crippen molar-refractivity contribution in [3.8, 4) is 0 Å². The van der Waals surface area contributed by atoms with Crippen molar-refractivity contribution in [1.82, 2.24) is 19.9 Å². The quantitative estimate of drug-likeness (QED) is 0.685. The number of benzene rings is 1. The van der Waals surface area contributed by atoms with Crippen molar-refractivity contribution in [2.45, 2.75) is 38.5 Å². The Morgan fingerprint density at radius 2 is 2.29 bits per heavy atom. The van der Waals surface area contributed by atoms with Crippen LogP contribution >= 0.6 is 12.2 Å². The number of hydrogen-bond donors (Lipinski definition) is 1. The lowest BCUT2D eigenvalue weighted by Crippen LogP contribution is -2.39. The Morgan fingerprint density at radius 3 is 2.94 bits per heavy atom. The molecule has 4 rings (SSSR count). The Labute approximate surface area is 184 Å². The van der Waals surface area contributed by atoms with Crippen LogP contribution in [-0.4, -0.2) is 67.9 Å². The maximum atomic E-state index is 14.9. The number of cyclic esters (lactones) is 1. The second-order valence-electron chi connectivity index (χ2n) is 7.59. The zero-order valence-corrected chi connectivity index (χ0v) is 18.0. The summed E-state index contributed by atoms with van der Waals surface area (Å²) in [6.07, 6.45) is 4.86. The fraction of sp³-hybridized carbons (Fsp3) is 0.429. The summed E-state index contributed by atoms with van der Waals surface area (Å²) in [4.78, 5) is 16.2. The fourth-order valence-corrected chi connectivity index (χ4v) is 4.13. The molecule has 2 aliphatic rings. The van der Waals surface area contributed by atoms with Crippen LogP contribution in [0.15, 0.2) is 36.7 Å². The molecule has 1 fully saturated rings. The zero-order valence-electron chi connectivity index (χ0n) is 17.1. The standard InChI is InChI=1S/C21H24FN5O3S/c1-2-19(28)20(31)25-8-5-14(6-9-25)17-4-3-15(11-18(17)22)27-13-16(30-21(27)29)12-26-10-7-23-24-26/h3-5,7,10-11,16,19,28H,2,6,8-9,12-13H2,1H3/t16-,19+/m0/s1. The Balaban J connectivity index is 1.43. The molecule has 0 spiro atoms. The lowest BCUT2D eigenvalue weighted by atomic mass is 9.98. The summed E-state index contributed by atoms with van der Waals surface area (Å²) in [6.45, 7) is 3.75. The summed E-state index contributed by atoms with van der Waals surface area (Å²) in [5.41, 5.74) is 1.86. The number of nitrogens with zero attached hydrogens (tertiary/aromatic N) is 5. The van der Waals surface area contributed by atoms with E-state index < -0.39 is 12.2 Å². The molecule has 8 nitrogen and oxygen atoms in total. The normalized spacial score (nSPS) is 19.9. The largest absolute Gasteiger partial charge is 0.442 e. The van der Waals surface area contributed by atoms with Gasteiger partial charge in [0.25, 0.3) is 0 Å². The minimum absolute atomic E-state index is 0.312. The number of ether oxygens (including phenoxy) is 1. The lowest BCUT2D eigenvalue weighted by Gasteiger charge is -2.30. The number of amides is 1. The van der Waals surface area contributed by atoms with E-state index in [0.717, 1.165) is 5.57 Å². The summed E-state index contributed by atoms with van der Waals surface area (Å²) in [5, 5.41) is 17.5. The molecule has 31 heavy (non-hydrogen) atoms. The first kappa shape index (κ1) is 21.4. The molecule has 1 aromatic heterocycles. The van der Waals surface area contributed by atoms with E-state index in [1.807, 2.05) is 17.9 Å². The first-order valence-corrected chi connectivity index (χ1v) is 10.6. The van der Waals surface area contributed by atoms with Crippen molar-refractivity contribution in [2.24, 2.45) is 0 Å². The molecule has 1 aromatic carbocycles. The van der Waals surface area contributed by atoms with Gasteiger partial charge in [-0.2, -0.15) is 0 Å². The number of halogens is 1. The molecular formula is C21H24FN5O3S. The minimum Gasteiger partial charge on any atom is -0.442 e. The maximum absolute atomic E-state index is 14.9. The number of aliphatic hydroxyl groups is 1. The van der Waals surface area contributed by atoms with Gasteiger partial charge in [-0.3, -0.25) is 4.90 Å². The second-order valence-corrected chi connectivity index (χ2v) is 8.01. The summed E-state index contributed by atoms with van der Waals surface area (Å²) in [6, 6.07) is 4.80. The average Bonchev–Trinajstić information content (AvgIpc) is 3.42. The topological polar surface area (TPSA) is 83.7 Å². The Morgan fingerprint density at radius 1 is 1.45 bits per heavy atom. The maximum Gasteiger partial charge on any atom is 0.414 e. The Hall–Kier alpha value is -2.85. The molecule has 0 bridgehead atoms. The second kappa shape index (κ2) is 9.11. The van der Waals surface area contributed by atoms with Crippen molar-refractivity contribution in [3.05, 3.63) is 48.0 Å². The molecule has 2 aliphatic heterocycles. The monoisotopic (exact) mass is 445 g/mol. The van der Waals surface area contributed by atoms with Crippen molar-refractivity contribution in [3.63, 3.8) is 0 Å². The molecule has 1 saturated heterocycles. The number of thiocarbonyl (C=S) groups is 1. The molecule has 2 aromatic rings. The van der Waals surface area contributed by atoms with E-state index in [4.69, 9.17) is 17.0 Å². The third kappa shape index (κ3) is 4.59. The van der Waals surface area contributed by atoms with Gasteiger partial charge in [-0.05, 0) is 36.6 Å². The predicted octanol–water partition coefficient (Wildman–Crippen LogP) is 2.63. The Kier molecular flexibility index (Phi) is 6.28. The van der Waals surface area contributed by atoms with Crippen LogP contribution in [0.3, 0.4) is 0 Å². The smallest absolute Gasteiger partial charge is 0.414 e. The van der Waals surface area contributed by atoms with Crippen LogP contribution in [0, 0.1) is 5.82 Å². The first-order valence-electron chi connectivity index (χ1n) is 10.2. The summed E-state index contributed by atoms with van der Waals surface area (Å²) in [5.74, 6) is -0.388. The molecule has 2 atom stereocenters. The van der Waals surface area contributed by atoms with Crippen molar-refractivity contribution in [2.75, 3.05) is 24.5 Å². The van der Waals surface area contributed by atoms with Gasteiger partial charge >= 0.3 is 6.09 Å². The van der Waals surface area contributed by atoms with Gasteiger partial charge in [0, 0.05) is 24.8 Å². The average molecular weight is 446 g/mol. The molecular weight excluding hydrogens is 421 g/mol. The van der Waals surface area contributed by atoms with Gasteiger partial charge in [0.2, 0.25) is 0 Å². The highest BCUT2D eigenvalue weighted by molar-refractivity contribution is 7.80. The van der Waals surface area contributed by atoms with Crippen molar-refractivity contribution >= 4 is 34.6 Å².